The van der Waals surface area contributed by atoms with E-state index in [2.05, 4.69) is 10.3 Å². The van der Waals surface area contributed by atoms with E-state index in [0.29, 0.717) is 35.2 Å². The predicted octanol–water partition coefficient (Wildman–Crippen LogP) is 3.47. The summed E-state index contributed by atoms with van der Waals surface area (Å²) in [7, 11) is -0.561. The van der Waals surface area contributed by atoms with E-state index in [0.717, 1.165) is 16.1 Å². The highest BCUT2D eigenvalue weighted by Crippen LogP contribution is 2.32. The summed E-state index contributed by atoms with van der Waals surface area (Å²) in [6.45, 7) is 2.49. The van der Waals surface area contributed by atoms with Crippen LogP contribution in [0.1, 0.15) is 26.5 Å². The van der Waals surface area contributed by atoms with Gasteiger partial charge in [-0.1, -0.05) is 17.7 Å². The molecule has 0 fully saturated rings. The van der Waals surface area contributed by atoms with Gasteiger partial charge >= 0.3 is 0 Å². The Morgan fingerprint density at radius 3 is 2.50 bits per heavy atom. The molecule has 0 unspecified atom stereocenters. The number of fused-ring (bicyclic) bond motifs is 1. The number of carbonyl (C=O) groups excluding carboxylic acids is 1. The van der Waals surface area contributed by atoms with Crippen LogP contribution in [0.3, 0.4) is 0 Å². The fraction of sp³-hybridized carbons (Fsp3) is 0.273. The van der Waals surface area contributed by atoms with Gasteiger partial charge in [0.15, 0.2) is 16.6 Å². The van der Waals surface area contributed by atoms with Gasteiger partial charge in [0.25, 0.3) is 5.91 Å². The van der Waals surface area contributed by atoms with Gasteiger partial charge in [0, 0.05) is 23.4 Å². The number of carbonyl (C=O) groups is 1. The number of nitrogens with one attached hydrogen (secondary N) is 1. The number of anilines is 1. The van der Waals surface area contributed by atoms with Crippen molar-refractivity contribution in [3.8, 4) is 11.5 Å². The van der Waals surface area contributed by atoms with Gasteiger partial charge in [0.05, 0.1) is 31.4 Å². The third-order valence-corrected chi connectivity index (χ3v) is 8.08. The van der Waals surface area contributed by atoms with Gasteiger partial charge in [-0.25, -0.2) is 13.4 Å². The lowest BCUT2D eigenvalue weighted by atomic mass is 10.2. The minimum absolute atomic E-state index is 0.232. The molecule has 2 heterocycles. The van der Waals surface area contributed by atoms with Gasteiger partial charge in [-0.2, -0.15) is 4.31 Å². The Kier molecular flexibility index (Phi) is 6.18. The van der Waals surface area contributed by atoms with E-state index in [1.54, 1.807) is 42.5 Å². The maximum absolute atomic E-state index is 13.0. The van der Waals surface area contributed by atoms with E-state index in [9.17, 15) is 13.2 Å². The zero-order valence-corrected chi connectivity index (χ0v) is 19.5. The van der Waals surface area contributed by atoms with Crippen molar-refractivity contribution in [2.75, 3.05) is 26.1 Å². The maximum atomic E-state index is 13.0. The molecule has 0 aliphatic carbocycles. The highest BCUT2D eigenvalue weighted by atomic mass is 32.2. The molecule has 1 N–H and O–H groups in total. The van der Waals surface area contributed by atoms with Gasteiger partial charge < -0.3 is 9.47 Å². The number of aromatic nitrogens is 1. The van der Waals surface area contributed by atoms with E-state index in [1.807, 2.05) is 6.92 Å². The molecule has 0 spiro atoms. The van der Waals surface area contributed by atoms with Crippen molar-refractivity contribution >= 4 is 32.4 Å². The fourth-order valence-electron chi connectivity index (χ4n) is 3.44. The molecule has 0 radical (unpaired) electrons. The quantitative estimate of drug-likeness (QED) is 0.589. The molecule has 1 aliphatic rings. The van der Waals surface area contributed by atoms with Crippen molar-refractivity contribution in [2.24, 2.45) is 0 Å². The second kappa shape index (κ2) is 8.89. The van der Waals surface area contributed by atoms with E-state index < -0.39 is 10.0 Å². The van der Waals surface area contributed by atoms with Crippen LogP contribution in [0.25, 0.3) is 0 Å². The Balaban J connectivity index is 1.50. The number of aryl methyl sites for hydroxylation is 1. The largest absolute Gasteiger partial charge is 0.493 e. The Morgan fingerprint density at radius 1 is 1.09 bits per heavy atom. The first-order valence-electron chi connectivity index (χ1n) is 9.90. The molecule has 8 nitrogen and oxygen atoms in total. The van der Waals surface area contributed by atoms with Crippen molar-refractivity contribution in [2.45, 2.75) is 24.8 Å². The molecular formula is C22H23N3O5S2. The van der Waals surface area contributed by atoms with Crippen LogP contribution in [0.5, 0.6) is 11.5 Å². The highest BCUT2D eigenvalue weighted by Gasteiger charge is 2.30. The Bertz CT molecular complexity index is 1250. The lowest BCUT2D eigenvalue weighted by Crippen LogP contribution is -2.35. The van der Waals surface area contributed by atoms with Crippen LogP contribution in [0.15, 0.2) is 47.4 Å². The van der Waals surface area contributed by atoms with Crippen molar-refractivity contribution in [1.29, 1.82) is 0 Å². The topological polar surface area (TPSA) is 97.8 Å². The van der Waals surface area contributed by atoms with E-state index in [1.165, 1.54) is 29.9 Å². The van der Waals surface area contributed by atoms with Crippen LogP contribution in [0, 0.1) is 6.92 Å². The SMILES string of the molecule is COc1ccc(C(=O)Nc2nc3c(s2)CN(S(=O)(=O)c2ccc(C)cc2)CC3)cc1OC. The number of methoxy groups -OCH3 is 2. The lowest BCUT2D eigenvalue weighted by Gasteiger charge is -2.25. The molecule has 0 saturated carbocycles. The van der Waals surface area contributed by atoms with Gasteiger partial charge in [0.2, 0.25) is 10.0 Å². The summed E-state index contributed by atoms with van der Waals surface area (Å²) in [5.41, 5.74) is 2.22. The number of hydrogen-bond acceptors (Lipinski definition) is 7. The van der Waals surface area contributed by atoms with E-state index in [-0.39, 0.29) is 17.3 Å². The zero-order chi connectivity index (χ0) is 22.9. The number of hydrogen-bond donors (Lipinski definition) is 1. The molecule has 4 rings (SSSR count). The number of rotatable bonds is 6. The third kappa shape index (κ3) is 4.34. The Labute approximate surface area is 190 Å². The molecule has 0 saturated heterocycles. The standard InChI is InChI=1S/C22H23N3O5S2/c1-14-4-7-16(8-5-14)32(27,28)25-11-10-17-20(13-25)31-22(23-17)24-21(26)15-6-9-18(29-2)19(12-15)30-3/h4-9,12H,10-11,13H2,1-3H3,(H,23,24,26). The zero-order valence-electron chi connectivity index (χ0n) is 17.9. The molecule has 1 aliphatic heterocycles. The number of thiazole rings is 1. The van der Waals surface area contributed by atoms with Crippen molar-refractivity contribution in [3.05, 3.63) is 64.2 Å². The van der Waals surface area contributed by atoms with Crippen LogP contribution in [-0.2, 0) is 23.0 Å². The minimum atomic E-state index is -3.59. The molecule has 1 aromatic heterocycles. The molecule has 0 bridgehead atoms. The number of amides is 1. The van der Waals surface area contributed by atoms with Crippen LogP contribution in [0.2, 0.25) is 0 Å². The summed E-state index contributed by atoms with van der Waals surface area (Å²) < 4.78 is 37.9. The fourth-order valence-corrected chi connectivity index (χ4v) is 5.95. The number of nitrogens with zero attached hydrogens (tertiary/aromatic N) is 2. The van der Waals surface area contributed by atoms with Gasteiger partial charge in [-0.05, 0) is 37.3 Å². The minimum Gasteiger partial charge on any atom is -0.493 e. The van der Waals surface area contributed by atoms with Crippen LogP contribution >= 0.6 is 11.3 Å². The average Bonchev–Trinajstić information content (AvgIpc) is 3.20. The molecule has 168 valence electrons. The van der Waals surface area contributed by atoms with Crippen LogP contribution < -0.4 is 14.8 Å². The summed E-state index contributed by atoms with van der Waals surface area (Å²) in [5, 5.41) is 3.23. The lowest BCUT2D eigenvalue weighted by molar-refractivity contribution is 0.102. The molecule has 1 amide bonds. The molecule has 0 atom stereocenters. The summed E-state index contributed by atoms with van der Waals surface area (Å²) in [6.07, 6.45) is 0.489. The summed E-state index contributed by atoms with van der Waals surface area (Å²) >= 11 is 1.29. The summed E-state index contributed by atoms with van der Waals surface area (Å²) in [5.74, 6) is 0.653. The average molecular weight is 474 g/mol. The van der Waals surface area contributed by atoms with E-state index >= 15 is 0 Å². The van der Waals surface area contributed by atoms with Crippen molar-refractivity contribution in [3.63, 3.8) is 0 Å². The molecule has 2 aromatic carbocycles. The predicted molar refractivity (Wildman–Crippen MR) is 122 cm³/mol. The van der Waals surface area contributed by atoms with Gasteiger partial charge in [0.1, 0.15) is 0 Å². The van der Waals surface area contributed by atoms with Crippen molar-refractivity contribution in [1.82, 2.24) is 9.29 Å². The third-order valence-electron chi connectivity index (χ3n) is 5.22. The monoisotopic (exact) mass is 473 g/mol. The Hall–Kier alpha value is -2.95. The number of sulfonamides is 1. The molecule has 10 heteroatoms. The Morgan fingerprint density at radius 2 is 1.81 bits per heavy atom. The normalized spacial score (nSPS) is 14.0. The number of ether oxygens (including phenoxy) is 2. The summed E-state index contributed by atoms with van der Waals surface area (Å²) in [4.78, 5) is 18.3. The smallest absolute Gasteiger partial charge is 0.257 e. The summed E-state index contributed by atoms with van der Waals surface area (Å²) in [6, 6.07) is 11.7. The molecular weight excluding hydrogens is 450 g/mol. The van der Waals surface area contributed by atoms with Gasteiger partial charge in [-0.3, -0.25) is 10.1 Å². The maximum Gasteiger partial charge on any atom is 0.257 e. The van der Waals surface area contributed by atoms with Gasteiger partial charge in [-0.15, -0.1) is 11.3 Å². The first-order chi connectivity index (χ1) is 15.3. The second-order valence-corrected chi connectivity index (χ2v) is 10.3. The van der Waals surface area contributed by atoms with Crippen LogP contribution in [-0.4, -0.2) is 44.4 Å². The number of benzene rings is 2. The first-order valence-corrected chi connectivity index (χ1v) is 12.2. The van der Waals surface area contributed by atoms with Crippen LogP contribution in [0.4, 0.5) is 5.13 Å². The first kappa shape index (κ1) is 22.3. The highest BCUT2D eigenvalue weighted by molar-refractivity contribution is 7.89. The van der Waals surface area contributed by atoms with E-state index in [4.69, 9.17) is 9.47 Å². The molecule has 32 heavy (non-hydrogen) atoms. The molecule has 3 aromatic rings. The second-order valence-electron chi connectivity index (χ2n) is 7.31. The van der Waals surface area contributed by atoms with Crippen molar-refractivity contribution < 1.29 is 22.7 Å².